The Kier molecular flexibility index (Phi) is 7.22. The van der Waals surface area contributed by atoms with Gasteiger partial charge in [0, 0.05) is 23.3 Å². The second-order valence-corrected chi connectivity index (χ2v) is 9.66. The van der Waals surface area contributed by atoms with Gasteiger partial charge in [0.25, 0.3) is 5.56 Å². The third-order valence-corrected chi connectivity index (χ3v) is 7.02. The molecule has 206 valence electrons. The van der Waals surface area contributed by atoms with Crippen LogP contribution < -0.4 is 15.6 Å². The smallest absolute Gasteiger partial charge is 0.316 e. The van der Waals surface area contributed by atoms with Crippen molar-refractivity contribution in [1.29, 1.82) is 5.26 Å². The molecule has 0 aliphatic heterocycles. The molecule has 6 rings (SSSR count). The van der Waals surface area contributed by atoms with Crippen LogP contribution in [0.5, 0.6) is 6.01 Å². The van der Waals surface area contributed by atoms with Crippen LogP contribution in [-0.4, -0.2) is 36.6 Å². The van der Waals surface area contributed by atoms with Crippen molar-refractivity contribution in [1.82, 2.24) is 29.5 Å². The van der Waals surface area contributed by atoms with Crippen LogP contribution in [0.1, 0.15) is 37.2 Å². The van der Waals surface area contributed by atoms with Gasteiger partial charge in [0.15, 0.2) is 0 Å². The van der Waals surface area contributed by atoms with Gasteiger partial charge in [-0.05, 0) is 48.4 Å². The predicted molar refractivity (Wildman–Crippen MR) is 160 cm³/mol. The number of aromatic nitrogens is 6. The minimum Gasteiger partial charge on any atom is -0.467 e. The van der Waals surface area contributed by atoms with Gasteiger partial charge in [0.1, 0.15) is 18.0 Å². The van der Waals surface area contributed by atoms with E-state index in [1.165, 1.54) is 13.4 Å². The van der Waals surface area contributed by atoms with Crippen molar-refractivity contribution >= 4 is 27.6 Å². The predicted octanol–water partition coefficient (Wildman–Crippen LogP) is 5.62. The summed E-state index contributed by atoms with van der Waals surface area (Å²) in [6, 6.07) is 22.4. The van der Waals surface area contributed by atoms with Crippen LogP contribution >= 0.6 is 0 Å². The van der Waals surface area contributed by atoms with E-state index in [0.29, 0.717) is 62.2 Å². The highest BCUT2D eigenvalue weighted by molar-refractivity contribution is 5.94. The molecule has 0 spiro atoms. The minimum atomic E-state index is -0.385. The van der Waals surface area contributed by atoms with E-state index < -0.39 is 0 Å². The van der Waals surface area contributed by atoms with Crippen molar-refractivity contribution in [2.24, 2.45) is 0 Å². The van der Waals surface area contributed by atoms with E-state index in [-0.39, 0.29) is 17.6 Å². The number of nitrogens with one attached hydrogen (secondary N) is 1. The van der Waals surface area contributed by atoms with Crippen LogP contribution in [0.3, 0.4) is 0 Å². The van der Waals surface area contributed by atoms with Gasteiger partial charge >= 0.3 is 6.01 Å². The molecule has 1 unspecified atom stereocenters. The van der Waals surface area contributed by atoms with Gasteiger partial charge < -0.3 is 10.1 Å². The molecule has 0 amide bonds. The van der Waals surface area contributed by atoms with Gasteiger partial charge in [-0.1, -0.05) is 43.7 Å². The Morgan fingerprint density at radius 1 is 0.976 bits per heavy atom. The highest BCUT2D eigenvalue weighted by Gasteiger charge is 2.23. The van der Waals surface area contributed by atoms with E-state index in [2.05, 4.69) is 38.2 Å². The number of ether oxygens (including phenoxy) is 1. The Morgan fingerprint density at radius 2 is 1.79 bits per heavy atom. The van der Waals surface area contributed by atoms with E-state index in [4.69, 9.17) is 9.72 Å². The highest BCUT2D eigenvalue weighted by atomic mass is 16.5. The summed E-state index contributed by atoms with van der Waals surface area (Å²) in [5, 5.41) is 14.2. The van der Waals surface area contributed by atoms with E-state index in [1.54, 1.807) is 35.2 Å². The number of nitriles is 1. The highest BCUT2D eigenvalue weighted by Crippen LogP contribution is 2.31. The summed E-state index contributed by atoms with van der Waals surface area (Å²) in [7, 11) is 1.50. The minimum absolute atomic E-state index is 0.213. The Hall–Kier alpha value is -5.69. The molecule has 0 aliphatic carbocycles. The molecule has 1 atom stereocenters. The van der Waals surface area contributed by atoms with Crippen molar-refractivity contribution in [3.05, 3.63) is 107 Å². The first-order chi connectivity index (χ1) is 20.6. The van der Waals surface area contributed by atoms with Crippen molar-refractivity contribution < 1.29 is 4.74 Å². The summed E-state index contributed by atoms with van der Waals surface area (Å²) >= 11 is 0. The summed E-state index contributed by atoms with van der Waals surface area (Å²) in [6.45, 7) is 2.08. The molecular weight excluding hydrogens is 528 g/mol. The average Bonchev–Trinajstić information content (AvgIpc) is 3.04. The summed E-state index contributed by atoms with van der Waals surface area (Å²) in [5.41, 5.74) is 3.60. The maximum Gasteiger partial charge on any atom is 0.316 e. The molecule has 6 aromatic rings. The first-order valence-electron chi connectivity index (χ1n) is 13.5. The van der Waals surface area contributed by atoms with Crippen molar-refractivity contribution in [2.75, 3.05) is 12.4 Å². The number of para-hydroxylation sites is 1. The average molecular weight is 555 g/mol. The largest absolute Gasteiger partial charge is 0.467 e. The molecule has 0 saturated carbocycles. The van der Waals surface area contributed by atoms with Crippen LogP contribution in [0.15, 0.2) is 90.2 Å². The van der Waals surface area contributed by atoms with E-state index >= 15 is 0 Å². The number of hydrogen-bond donors (Lipinski definition) is 1. The molecule has 10 nitrogen and oxygen atoms in total. The van der Waals surface area contributed by atoms with Crippen LogP contribution in [-0.2, 0) is 0 Å². The molecule has 0 fully saturated rings. The Labute approximate surface area is 241 Å². The molecule has 0 bridgehead atoms. The monoisotopic (exact) mass is 554 g/mol. The third kappa shape index (κ3) is 4.88. The molecule has 0 aliphatic rings. The normalized spacial score (nSPS) is 11.7. The van der Waals surface area contributed by atoms with E-state index in [1.807, 2.05) is 48.5 Å². The van der Waals surface area contributed by atoms with Crippen molar-refractivity contribution in [3.8, 4) is 28.9 Å². The fourth-order valence-corrected chi connectivity index (χ4v) is 5.07. The number of anilines is 1. The maximum absolute atomic E-state index is 14.5. The molecule has 3 aromatic carbocycles. The molecule has 10 heteroatoms. The first kappa shape index (κ1) is 26.5. The van der Waals surface area contributed by atoms with Crippen molar-refractivity contribution in [3.63, 3.8) is 0 Å². The molecule has 42 heavy (non-hydrogen) atoms. The van der Waals surface area contributed by atoms with E-state index in [9.17, 15) is 10.1 Å². The number of nitrogens with zero attached hydrogens (tertiary/aromatic N) is 7. The van der Waals surface area contributed by atoms with Gasteiger partial charge in [-0.15, -0.1) is 0 Å². The zero-order chi connectivity index (χ0) is 29.1. The Balaban J connectivity index is 1.58. The lowest BCUT2D eigenvalue weighted by Crippen LogP contribution is -2.29. The van der Waals surface area contributed by atoms with Gasteiger partial charge in [-0.2, -0.15) is 5.26 Å². The molecule has 3 heterocycles. The molecule has 0 saturated heterocycles. The SMILES string of the molecule is CCCC(Nc1ncnc2ccc(C#N)cc12)c1nc2cccc(-c3cnc(OC)nc3)c2c(=O)n1-c1ccccc1. The Bertz CT molecular complexity index is 2000. The quantitative estimate of drug-likeness (QED) is 0.255. The topological polar surface area (TPSA) is 132 Å². The molecular formula is C32H26N8O2. The summed E-state index contributed by atoms with van der Waals surface area (Å²) in [6.07, 6.45) is 6.24. The van der Waals surface area contributed by atoms with Crippen LogP contribution in [0, 0.1) is 11.3 Å². The summed E-state index contributed by atoms with van der Waals surface area (Å²) in [5.74, 6) is 1.11. The number of rotatable bonds is 8. The molecule has 0 radical (unpaired) electrons. The summed E-state index contributed by atoms with van der Waals surface area (Å²) < 4.78 is 6.77. The molecule has 1 N–H and O–H groups in total. The second-order valence-electron chi connectivity index (χ2n) is 9.66. The van der Waals surface area contributed by atoms with Gasteiger partial charge in [0.2, 0.25) is 0 Å². The van der Waals surface area contributed by atoms with Gasteiger partial charge in [-0.25, -0.2) is 24.9 Å². The standard InChI is InChI=1S/C32H26N8O2/c1-3-8-27(38-29-24-15-20(16-33)13-14-25(24)36-19-37-29)30-39-26-12-7-11-23(21-17-34-32(42-2)35-18-21)28(26)31(41)40(30)22-9-5-4-6-10-22/h4-7,9-15,17-19,27H,3,8H2,1-2H3,(H,36,37,38). The third-order valence-electron chi connectivity index (χ3n) is 7.02. The van der Waals surface area contributed by atoms with Gasteiger partial charge in [-0.3, -0.25) is 9.36 Å². The van der Waals surface area contributed by atoms with Crippen LogP contribution in [0.2, 0.25) is 0 Å². The fourth-order valence-electron chi connectivity index (χ4n) is 5.07. The first-order valence-corrected chi connectivity index (χ1v) is 13.5. The summed E-state index contributed by atoms with van der Waals surface area (Å²) in [4.78, 5) is 36.9. The zero-order valence-electron chi connectivity index (χ0n) is 23.0. The second kappa shape index (κ2) is 11.4. The number of fused-ring (bicyclic) bond motifs is 2. The van der Waals surface area contributed by atoms with Crippen LogP contribution in [0.4, 0.5) is 5.82 Å². The van der Waals surface area contributed by atoms with Gasteiger partial charge in [0.05, 0.1) is 46.9 Å². The maximum atomic E-state index is 14.5. The lowest BCUT2D eigenvalue weighted by Gasteiger charge is -2.24. The Morgan fingerprint density at radius 3 is 2.52 bits per heavy atom. The lowest BCUT2D eigenvalue weighted by atomic mass is 10.0. The lowest BCUT2D eigenvalue weighted by molar-refractivity contribution is 0.380. The zero-order valence-corrected chi connectivity index (χ0v) is 23.0. The van der Waals surface area contributed by atoms with E-state index in [0.717, 1.165) is 6.42 Å². The fraction of sp³-hybridized carbons (Fsp3) is 0.156. The van der Waals surface area contributed by atoms with Crippen molar-refractivity contribution in [2.45, 2.75) is 25.8 Å². The molecule has 3 aromatic heterocycles. The number of methoxy groups -OCH3 is 1. The number of benzene rings is 3. The van der Waals surface area contributed by atoms with Crippen LogP contribution in [0.25, 0.3) is 38.6 Å². The number of hydrogen-bond acceptors (Lipinski definition) is 9.